The van der Waals surface area contributed by atoms with E-state index in [-0.39, 0.29) is 29.3 Å². The lowest BCUT2D eigenvalue weighted by Crippen LogP contribution is -2.50. The summed E-state index contributed by atoms with van der Waals surface area (Å²) < 4.78 is 0.830. The van der Waals surface area contributed by atoms with Crippen LogP contribution in [0, 0.1) is 0 Å². The number of nitrogens with one attached hydrogen (secondary N) is 3. The van der Waals surface area contributed by atoms with Gasteiger partial charge in [0.25, 0.3) is 11.5 Å². The topological polar surface area (TPSA) is 150 Å². The van der Waals surface area contributed by atoms with Crippen molar-refractivity contribution in [3.63, 3.8) is 0 Å². The Balaban J connectivity index is 1.53. The van der Waals surface area contributed by atoms with Crippen LogP contribution < -0.4 is 21.9 Å². The number of hydrogen-bond donors (Lipinski definition) is 4. The molecular formula is C28H26N4O6S. The third-order valence-corrected chi connectivity index (χ3v) is 6.91. The van der Waals surface area contributed by atoms with Gasteiger partial charge in [-0.2, -0.15) is 0 Å². The Bertz CT molecular complexity index is 1590. The molecule has 0 aliphatic carbocycles. The molecule has 0 radical (unpaired) electrons. The van der Waals surface area contributed by atoms with E-state index in [4.69, 9.17) is 0 Å². The Kier molecular flexibility index (Phi) is 8.95. The third-order valence-electron chi connectivity index (χ3n) is 5.99. The zero-order valence-corrected chi connectivity index (χ0v) is 21.5. The summed E-state index contributed by atoms with van der Waals surface area (Å²) in [5.74, 6) is -2.33. The van der Waals surface area contributed by atoms with E-state index in [0.717, 1.165) is 16.3 Å². The number of benzene rings is 3. The van der Waals surface area contributed by atoms with Crippen molar-refractivity contribution in [1.29, 1.82) is 0 Å². The number of nitrogens with zero attached hydrogens (tertiary/aromatic N) is 1. The van der Waals surface area contributed by atoms with E-state index in [1.54, 1.807) is 84.9 Å². The molecule has 200 valence electrons. The molecule has 4 rings (SSSR count). The number of amides is 2. The number of aromatic amines is 1. The van der Waals surface area contributed by atoms with E-state index in [1.165, 1.54) is 0 Å². The van der Waals surface area contributed by atoms with Gasteiger partial charge in [0.1, 0.15) is 12.1 Å². The SMILES string of the molecule is O=C(NCSCC(NC(=O)C(Cc1ccccc1)n1c(=O)[nH]c2ccccc2c1=O)C(=O)O)c1ccccc1. The van der Waals surface area contributed by atoms with Gasteiger partial charge in [-0.3, -0.25) is 14.4 Å². The highest BCUT2D eigenvalue weighted by atomic mass is 32.2. The van der Waals surface area contributed by atoms with Crippen molar-refractivity contribution in [2.45, 2.75) is 18.5 Å². The van der Waals surface area contributed by atoms with E-state index in [1.807, 2.05) is 0 Å². The molecule has 0 saturated carbocycles. The number of rotatable bonds is 11. The number of carboxylic acids is 1. The molecule has 2 amide bonds. The van der Waals surface area contributed by atoms with Crippen LogP contribution in [0.25, 0.3) is 10.9 Å². The average Bonchev–Trinajstić information content (AvgIpc) is 2.94. The number of thioether (sulfide) groups is 1. The Morgan fingerprint density at radius 1 is 0.897 bits per heavy atom. The van der Waals surface area contributed by atoms with Crippen molar-refractivity contribution in [2.75, 3.05) is 11.6 Å². The second-order valence-electron chi connectivity index (χ2n) is 8.64. The number of aromatic nitrogens is 2. The van der Waals surface area contributed by atoms with Gasteiger partial charge in [-0.25, -0.2) is 14.2 Å². The van der Waals surface area contributed by atoms with Crippen LogP contribution in [-0.2, 0) is 16.0 Å². The minimum absolute atomic E-state index is 0.0133. The van der Waals surface area contributed by atoms with Gasteiger partial charge in [-0.15, -0.1) is 11.8 Å². The largest absolute Gasteiger partial charge is 0.480 e. The van der Waals surface area contributed by atoms with Gasteiger partial charge in [0.2, 0.25) is 5.91 Å². The van der Waals surface area contributed by atoms with E-state index in [2.05, 4.69) is 15.6 Å². The van der Waals surface area contributed by atoms with Crippen LogP contribution in [-0.4, -0.2) is 50.1 Å². The van der Waals surface area contributed by atoms with Crippen LogP contribution in [0.3, 0.4) is 0 Å². The van der Waals surface area contributed by atoms with Crippen molar-refractivity contribution >= 4 is 40.4 Å². The first-order chi connectivity index (χ1) is 18.8. The fourth-order valence-corrected chi connectivity index (χ4v) is 4.84. The maximum absolute atomic E-state index is 13.5. The van der Waals surface area contributed by atoms with Crippen LogP contribution in [0.1, 0.15) is 22.0 Å². The number of carbonyl (C=O) groups excluding carboxylic acids is 2. The number of para-hydroxylation sites is 1. The first kappa shape index (κ1) is 27.4. The first-order valence-electron chi connectivity index (χ1n) is 12.1. The van der Waals surface area contributed by atoms with Crippen LogP contribution in [0.15, 0.2) is 94.5 Å². The Morgan fingerprint density at radius 2 is 1.54 bits per heavy atom. The van der Waals surface area contributed by atoms with Crippen molar-refractivity contribution in [2.24, 2.45) is 0 Å². The molecule has 1 aromatic heterocycles. The highest BCUT2D eigenvalue weighted by Gasteiger charge is 2.29. The monoisotopic (exact) mass is 546 g/mol. The Morgan fingerprint density at radius 3 is 2.23 bits per heavy atom. The van der Waals surface area contributed by atoms with E-state index in [9.17, 15) is 29.1 Å². The smallest absolute Gasteiger partial charge is 0.329 e. The van der Waals surface area contributed by atoms with Crippen LogP contribution >= 0.6 is 11.8 Å². The third kappa shape index (κ3) is 6.82. The van der Waals surface area contributed by atoms with Crippen molar-refractivity contribution < 1.29 is 19.5 Å². The van der Waals surface area contributed by atoms with Gasteiger partial charge in [0.05, 0.1) is 16.8 Å². The Hall–Kier alpha value is -4.64. The lowest BCUT2D eigenvalue weighted by atomic mass is 10.0. The van der Waals surface area contributed by atoms with Gasteiger partial charge in [-0.05, 0) is 29.8 Å². The molecule has 11 heteroatoms. The zero-order valence-electron chi connectivity index (χ0n) is 20.7. The van der Waals surface area contributed by atoms with Crippen molar-refractivity contribution in [1.82, 2.24) is 20.2 Å². The normalized spacial score (nSPS) is 12.4. The second-order valence-corrected chi connectivity index (χ2v) is 9.67. The average molecular weight is 547 g/mol. The standard InChI is InChI=1S/C28H26N4O6S/c33-24(19-11-5-2-6-12-19)29-17-39-16-22(27(36)37)30-25(34)23(15-18-9-3-1-4-10-18)32-26(35)20-13-7-8-14-21(20)31-28(32)38/h1-14,22-23H,15-17H2,(H,29,33)(H,30,34)(H,31,38)(H,36,37). The molecule has 4 aromatic rings. The molecule has 39 heavy (non-hydrogen) atoms. The minimum Gasteiger partial charge on any atom is -0.480 e. The van der Waals surface area contributed by atoms with Gasteiger partial charge < -0.3 is 20.7 Å². The summed E-state index contributed by atoms with van der Waals surface area (Å²) in [6, 6.07) is 21.2. The molecule has 0 aliphatic heterocycles. The molecule has 10 nitrogen and oxygen atoms in total. The van der Waals surface area contributed by atoms with E-state index >= 15 is 0 Å². The lowest BCUT2D eigenvalue weighted by Gasteiger charge is -2.22. The van der Waals surface area contributed by atoms with E-state index < -0.39 is 35.2 Å². The summed E-state index contributed by atoms with van der Waals surface area (Å²) in [6.45, 7) is 0. The molecule has 3 aromatic carbocycles. The minimum atomic E-state index is -1.33. The fourth-order valence-electron chi connectivity index (χ4n) is 4.03. The van der Waals surface area contributed by atoms with Gasteiger partial charge in [0, 0.05) is 17.7 Å². The van der Waals surface area contributed by atoms with Gasteiger partial charge >= 0.3 is 11.7 Å². The maximum atomic E-state index is 13.5. The summed E-state index contributed by atoms with van der Waals surface area (Å²) in [4.78, 5) is 66.5. The van der Waals surface area contributed by atoms with Crippen LogP contribution in [0.4, 0.5) is 0 Å². The fraction of sp³-hybridized carbons (Fsp3) is 0.179. The second kappa shape index (κ2) is 12.7. The molecule has 0 aliphatic rings. The van der Waals surface area contributed by atoms with Crippen molar-refractivity contribution in [3.8, 4) is 0 Å². The molecule has 0 spiro atoms. The predicted molar refractivity (Wildman–Crippen MR) is 149 cm³/mol. The lowest BCUT2D eigenvalue weighted by molar-refractivity contribution is -0.141. The zero-order chi connectivity index (χ0) is 27.8. The quantitative estimate of drug-likeness (QED) is 0.166. The van der Waals surface area contributed by atoms with Gasteiger partial charge in [-0.1, -0.05) is 60.7 Å². The molecule has 2 atom stereocenters. The number of carbonyl (C=O) groups is 3. The number of fused-ring (bicyclic) bond motifs is 1. The Labute approximate surface area is 227 Å². The molecule has 0 bridgehead atoms. The summed E-state index contributed by atoms with van der Waals surface area (Å²) in [5, 5.41) is 15.1. The summed E-state index contributed by atoms with van der Waals surface area (Å²) in [6.07, 6.45) is -0.0133. The number of carboxylic acid groups (broad SMARTS) is 1. The summed E-state index contributed by atoms with van der Waals surface area (Å²) in [7, 11) is 0. The first-order valence-corrected chi connectivity index (χ1v) is 13.2. The molecule has 4 N–H and O–H groups in total. The summed E-state index contributed by atoms with van der Waals surface area (Å²) >= 11 is 1.11. The highest BCUT2D eigenvalue weighted by molar-refractivity contribution is 7.99. The van der Waals surface area contributed by atoms with Gasteiger partial charge in [0.15, 0.2) is 0 Å². The summed E-state index contributed by atoms with van der Waals surface area (Å²) in [5.41, 5.74) is 0.0490. The van der Waals surface area contributed by atoms with Crippen molar-refractivity contribution in [3.05, 3.63) is 117 Å². The molecule has 0 saturated heterocycles. The molecule has 1 heterocycles. The predicted octanol–water partition coefficient (Wildman–Crippen LogP) is 2.16. The highest BCUT2D eigenvalue weighted by Crippen LogP contribution is 2.15. The van der Waals surface area contributed by atoms with Crippen LogP contribution in [0.5, 0.6) is 0 Å². The number of hydrogen-bond acceptors (Lipinski definition) is 6. The van der Waals surface area contributed by atoms with E-state index in [0.29, 0.717) is 16.6 Å². The molecule has 0 fully saturated rings. The maximum Gasteiger partial charge on any atom is 0.329 e. The number of H-pyrrole nitrogens is 1. The van der Waals surface area contributed by atoms with Crippen LogP contribution in [0.2, 0.25) is 0 Å². The molecule has 2 unspecified atom stereocenters. The molecular weight excluding hydrogens is 520 g/mol. The number of aliphatic carboxylic acids is 1.